The lowest BCUT2D eigenvalue weighted by molar-refractivity contribution is -0.122. The number of aryl methyl sites for hydroxylation is 1. The van der Waals surface area contributed by atoms with Crippen LogP contribution in [0.5, 0.6) is 5.75 Å². The molecule has 45 heavy (non-hydrogen) atoms. The van der Waals surface area contributed by atoms with Crippen molar-refractivity contribution in [2.45, 2.75) is 96.4 Å². The van der Waals surface area contributed by atoms with Gasteiger partial charge in [0.1, 0.15) is 18.1 Å². The van der Waals surface area contributed by atoms with E-state index in [1.54, 1.807) is 17.0 Å². The number of hydrogen-bond donors (Lipinski definition) is 1. The molecule has 6 rings (SSSR count). The molecule has 1 heterocycles. The van der Waals surface area contributed by atoms with Gasteiger partial charge in [0.2, 0.25) is 5.91 Å². The molecule has 3 aromatic carbocycles. The number of hydrogen-bond acceptors (Lipinski definition) is 4. The zero-order valence-corrected chi connectivity index (χ0v) is 26.0. The van der Waals surface area contributed by atoms with Gasteiger partial charge in [0.05, 0.1) is 30.3 Å². The van der Waals surface area contributed by atoms with Gasteiger partial charge in [-0.15, -0.1) is 0 Å². The van der Waals surface area contributed by atoms with Gasteiger partial charge < -0.3 is 19.5 Å². The molecule has 2 fully saturated rings. The monoisotopic (exact) mass is 603 g/mol. The lowest BCUT2D eigenvalue weighted by Crippen LogP contribution is -2.38. The van der Waals surface area contributed by atoms with Crippen LogP contribution < -0.4 is 15.0 Å². The van der Waals surface area contributed by atoms with Crippen LogP contribution in [0.4, 0.5) is 11.4 Å². The maximum Gasteiger partial charge on any atom is 0.258 e. The highest BCUT2D eigenvalue weighted by Gasteiger charge is 2.24. The summed E-state index contributed by atoms with van der Waals surface area (Å²) in [7, 11) is 0. The van der Waals surface area contributed by atoms with Gasteiger partial charge in [0.15, 0.2) is 5.69 Å². The molecule has 2 saturated carbocycles. The molecular weight excluding hydrogens is 562 g/mol. The van der Waals surface area contributed by atoms with E-state index in [0.717, 1.165) is 55.4 Å². The summed E-state index contributed by atoms with van der Waals surface area (Å²) in [6.07, 6.45) is 11.5. The fraction of sp³-hybridized carbons (Fsp3) is 0.405. The predicted molar refractivity (Wildman–Crippen MR) is 177 cm³/mol. The lowest BCUT2D eigenvalue weighted by Gasteiger charge is -2.26. The van der Waals surface area contributed by atoms with Gasteiger partial charge in [0, 0.05) is 17.3 Å². The number of fused-ring (bicyclic) bond motifs is 1. The smallest absolute Gasteiger partial charge is 0.258 e. The molecule has 0 unspecified atom stereocenters. The van der Waals surface area contributed by atoms with Crippen LogP contribution in [0.15, 0.2) is 66.7 Å². The predicted octanol–water partition coefficient (Wildman–Crippen LogP) is 7.90. The molecule has 8 heteroatoms. The highest BCUT2D eigenvalue weighted by molar-refractivity contribution is 6.06. The van der Waals surface area contributed by atoms with Crippen LogP contribution in [-0.4, -0.2) is 33.5 Å². The summed E-state index contributed by atoms with van der Waals surface area (Å²) in [5, 5.41) is 3.22. The third-order valence-electron chi connectivity index (χ3n) is 9.06. The average Bonchev–Trinajstić information content (AvgIpc) is 3.40. The molecule has 232 valence electrons. The van der Waals surface area contributed by atoms with Crippen LogP contribution in [0.25, 0.3) is 15.9 Å². The normalized spacial score (nSPS) is 15.8. The van der Waals surface area contributed by atoms with Crippen molar-refractivity contribution in [1.82, 2.24) is 14.9 Å². The third-order valence-corrected chi connectivity index (χ3v) is 9.06. The summed E-state index contributed by atoms with van der Waals surface area (Å²) in [6.45, 7) is 9.72. The fourth-order valence-electron chi connectivity index (χ4n) is 6.55. The number of anilines is 1. The number of amides is 2. The van der Waals surface area contributed by atoms with Crippen molar-refractivity contribution in [2.24, 2.45) is 0 Å². The largest absolute Gasteiger partial charge is 0.490 e. The van der Waals surface area contributed by atoms with Crippen LogP contribution >= 0.6 is 0 Å². The van der Waals surface area contributed by atoms with Crippen LogP contribution in [-0.2, 0) is 17.9 Å². The number of benzene rings is 3. The van der Waals surface area contributed by atoms with E-state index in [-0.39, 0.29) is 37.0 Å². The Morgan fingerprint density at radius 1 is 0.933 bits per heavy atom. The van der Waals surface area contributed by atoms with Gasteiger partial charge >= 0.3 is 0 Å². The number of carbonyl (C=O) groups excluding carboxylic acids is 2. The van der Waals surface area contributed by atoms with Crippen LogP contribution in [0.1, 0.15) is 86.0 Å². The Labute approximate surface area is 265 Å². The first-order valence-corrected chi connectivity index (χ1v) is 16.3. The third kappa shape index (κ3) is 7.37. The van der Waals surface area contributed by atoms with E-state index in [4.69, 9.17) is 16.3 Å². The summed E-state index contributed by atoms with van der Waals surface area (Å²) in [4.78, 5) is 37.6. The Morgan fingerprint density at radius 2 is 1.62 bits per heavy atom. The second-order valence-corrected chi connectivity index (χ2v) is 12.4. The molecule has 0 radical (unpaired) electrons. The van der Waals surface area contributed by atoms with Gasteiger partial charge in [-0.3, -0.25) is 9.59 Å². The number of carbonyl (C=O) groups is 2. The molecule has 0 spiro atoms. The van der Waals surface area contributed by atoms with Crippen LogP contribution in [0.3, 0.4) is 0 Å². The van der Waals surface area contributed by atoms with E-state index in [1.165, 1.54) is 25.7 Å². The van der Waals surface area contributed by atoms with E-state index in [2.05, 4.69) is 10.2 Å². The first-order chi connectivity index (χ1) is 22.0. The first kappa shape index (κ1) is 30.4. The average molecular weight is 604 g/mol. The Balaban J connectivity index is 1.33. The summed E-state index contributed by atoms with van der Waals surface area (Å²) in [5.74, 6) is 1.14. The molecule has 0 bridgehead atoms. The second-order valence-electron chi connectivity index (χ2n) is 12.4. The second kappa shape index (κ2) is 14.0. The Kier molecular flexibility index (Phi) is 9.44. The lowest BCUT2D eigenvalue weighted by atomic mass is 9.95. The van der Waals surface area contributed by atoms with Crippen molar-refractivity contribution in [2.75, 3.05) is 4.90 Å². The zero-order valence-electron chi connectivity index (χ0n) is 26.0. The number of nitrogens with zero attached hydrogens (tertiary/aromatic N) is 4. The number of ether oxygens (including phenoxy) is 1. The minimum Gasteiger partial charge on any atom is -0.490 e. The van der Waals surface area contributed by atoms with Gasteiger partial charge in [0.25, 0.3) is 5.91 Å². The minimum atomic E-state index is -0.164. The highest BCUT2D eigenvalue weighted by atomic mass is 16.5. The number of imidazole rings is 1. The maximum absolute atomic E-state index is 14.1. The van der Waals surface area contributed by atoms with Crippen molar-refractivity contribution < 1.29 is 14.3 Å². The highest BCUT2D eigenvalue weighted by Crippen LogP contribution is 2.29. The van der Waals surface area contributed by atoms with Crippen LogP contribution in [0, 0.1) is 13.5 Å². The van der Waals surface area contributed by atoms with Crippen molar-refractivity contribution in [3.05, 3.63) is 95.1 Å². The molecule has 1 N–H and O–H groups in total. The van der Waals surface area contributed by atoms with E-state index >= 15 is 0 Å². The number of aromatic nitrogens is 2. The Hall–Kier alpha value is -4.64. The van der Waals surface area contributed by atoms with Crippen LogP contribution in [0.2, 0.25) is 0 Å². The summed E-state index contributed by atoms with van der Waals surface area (Å²) >= 11 is 0. The molecular formula is C37H41N5O3. The molecule has 8 nitrogen and oxygen atoms in total. The zero-order chi connectivity index (χ0) is 31.2. The van der Waals surface area contributed by atoms with E-state index < -0.39 is 0 Å². The minimum absolute atomic E-state index is 0.0719. The fourth-order valence-corrected chi connectivity index (χ4v) is 6.55. The molecule has 2 amide bonds. The van der Waals surface area contributed by atoms with Crippen molar-refractivity contribution >= 4 is 34.2 Å². The first-order valence-electron chi connectivity index (χ1n) is 16.3. The van der Waals surface area contributed by atoms with Crippen molar-refractivity contribution in [1.29, 1.82) is 0 Å². The van der Waals surface area contributed by atoms with E-state index in [0.29, 0.717) is 28.3 Å². The number of rotatable bonds is 9. The molecule has 2 aliphatic carbocycles. The topological polar surface area (TPSA) is 80.8 Å². The van der Waals surface area contributed by atoms with E-state index in [9.17, 15) is 9.59 Å². The van der Waals surface area contributed by atoms with Gasteiger partial charge in [-0.25, -0.2) is 9.83 Å². The van der Waals surface area contributed by atoms with Gasteiger partial charge in [-0.05, 0) is 94.0 Å². The Morgan fingerprint density at radius 3 is 2.31 bits per heavy atom. The van der Waals surface area contributed by atoms with Crippen molar-refractivity contribution in [3.8, 4) is 5.75 Å². The maximum atomic E-state index is 14.1. The van der Waals surface area contributed by atoms with Crippen molar-refractivity contribution in [3.63, 3.8) is 0 Å². The van der Waals surface area contributed by atoms with E-state index in [1.807, 2.05) is 66.1 Å². The standard InChI is InChI=1S/C37H41N5O3/c1-26-13-15-27(16-14-26)37(44)41(30-18-20-32(21-19-30)45-31-11-7-4-8-12-31)24-35-40-33-23-29(38-2)17-22-34(33)42(35)25-36(43)39-28-9-5-3-6-10-28/h13-23,28,31H,3-12,24-25H2,1H3,(H,39,43). The SMILES string of the molecule is [C-]#[N+]c1ccc2c(c1)nc(CN(C(=O)c1ccc(C)cc1)c1ccc(OC3CCCCC3)cc1)n2CC(=O)NC1CCCCC1. The summed E-state index contributed by atoms with van der Waals surface area (Å²) < 4.78 is 8.15. The molecule has 0 aliphatic heterocycles. The number of nitrogens with one attached hydrogen (secondary N) is 1. The Bertz CT molecular complexity index is 1670. The summed E-state index contributed by atoms with van der Waals surface area (Å²) in [6, 6.07) is 20.8. The molecule has 0 atom stereocenters. The molecule has 4 aromatic rings. The molecule has 0 saturated heterocycles. The van der Waals surface area contributed by atoms with Gasteiger partial charge in [-0.1, -0.05) is 49.4 Å². The summed E-state index contributed by atoms with van der Waals surface area (Å²) in [5.41, 5.74) is 4.22. The quantitative estimate of drug-likeness (QED) is 0.197. The van der Waals surface area contributed by atoms with Gasteiger partial charge in [-0.2, -0.15) is 0 Å². The molecule has 1 aromatic heterocycles. The molecule has 2 aliphatic rings.